The first-order valence-corrected chi connectivity index (χ1v) is 7.82. The second-order valence-corrected chi connectivity index (χ2v) is 5.39. The van der Waals surface area contributed by atoms with Crippen LogP contribution in [0, 0.1) is 6.92 Å². The number of rotatable bonds is 5. The van der Waals surface area contributed by atoms with Crippen molar-refractivity contribution in [1.82, 2.24) is 4.98 Å². The molecule has 0 saturated heterocycles. The average molecular weight is 286 g/mol. The minimum Gasteiger partial charge on any atom is -0.505 e. The maximum Gasteiger partial charge on any atom is 0.145 e. The zero-order valence-corrected chi connectivity index (χ0v) is 12.5. The van der Waals surface area contributed by atoms with Crippen LogP contribution in [0.2, 0.25) is 0 Å². The molecule has 1 aromatic heterocycles. The highest BCUT2D eigenvalue weighted by molar-refractivity contribution is 7.97. The standard InChI is InChI=1S/C16H18N2OS/c1-12-16(19)15(14(9-18-12)11-20-2)10-17-8-13-6-4-3-5-7-13/h3-7,9-10,19H,8,11H2,1-2H3. The van der Waals surface area contributed by atoms with Crippen LogP contribution in [0.4, 0.5) is 0 Å². The summed E-state index contributed by atoms with van der Waals surface area (Å²) in [6.07, 6.45) is 5.60. The van der Waals surface area contributed by atoms with Crippen LogP contribution >= 0.6 is 11.8 Å². The Balaban J connectivity index is 2.21. The zero-order chi connectivity index (χ0) is 14.4. The van der Waals surface area contributed by atoms with Gasteiger partial charge in [0, 0.05) is 23.7 Å². The number of hydrogen-bond acceptors (Lipinski definition) is 4. The summed E-state index contributed by atoms with van der Waals surface area (Å²) in [6, 6.07) is 10.1. The topological polar surface area (TPSA) is 45.5 Å². The number of thioether (sulfide) groups is 1. The molecule has 1 heterocycles. The second kappa shape index (κ2) is 7.10. The molecule has 3 nitrogen and oxygen atoms in total. The Morgan fingerprint density at radius 3 is 2.75 bits per heavy atom. The van der Waals surface area contributed by atoms with Crippen LogP contribution in [0.3, 0.4) is 0 Å². The maximum atomic E-state index is 10.1. The Morgan fingerprint density at radius 2 is 2.05 bits per heavy atom. The van der Waals surface area contributed by atoms with Gasteiger partial charge in [-0.25, -0.2) is 0 Å². The number of benzene rings is 1. The summed E-state index contributed by atoms with van der Waals surface area (Å²) in [5.41, 5.74) is 3.58. The van der Waals surface area contributed by atoms with E-state index in [1.165, 1.54) is 0 Å². The van der Waals surface area contributed by atoms with Crippen molar-refractivity contribution in [2.45, 2.75) is 19.2 Å². The van der Waals surface area contributed by atoms with E-state index in [0.717, 1.165) is 22.4 Å². The smallest absolute Gasteiger partial charge is 0.145 e. The fourth-order valence-corrected chi connectivity index (χ4v) is 2.43. The first-order chi connectivity index (χ1) is 9.72. The fourth-order valence-electron chi connectivity index (χ4n) is 1.89. The van der Waals surface area contributed by atoms with Crippen LogP contribution in [0.25, 0.3) is 0 Å². The first kappa shape index (κ1) is 14.6. The van der Waals surface area contributed by atoms with E-state index >= 15 is 0 Å². The van der Waals surface area contributed by atoms with Crippen LogP contribution in [0.15, 0.2) is 41.5 Å². The van der Waals surface area contributed by atoms with Crippen LogP contribution in [-0.4, -0.2) is 22.6 Å². The van der Waals surface area contributed by atoms with Crippen molar-refractivity contribution in [2.75, 3.05) is 6.26 Å². The van der Waals surface area contributed by atoms with E-state index in [0.29, 0.717) is 12.2 Å². The third kappa shape index (κ3) is 3.61. The lowest BCUT2D eigenvalue weighted by Crippen LogP contribution is -1.97. The van der Waals surface area contributed by atoms with Gasteiger partial charge in [-0.15, -0.1) is 0 Å². The van der Waals surface area contributed by atoms with E-state index in [4.69, 9.17) is 0 Å². The molecule has 0 saturated carbocycles. The van der Waals surface area contributed by atoms with Crippen molar-refractivity contribution in [3.05, 3.63) is 58.9 Å². The van der Waals surface area contributed by atoms with Crippen LogP contribution in [0.5, 0.6) is 5.75 Å². The normalized spacial score (nSPS) is 11.1. The van der Waals surface area contributed by atoms with Gasteiger partial charge in [0.1, 0.15) is 5.75 Å². The van der Waals surface area contributed by atoms with Crippen molar-refractivity contribution in [2.24, 2.45) is 4.99 Å². The SMILES string of the molecule is CSCc1cnc(C)c(O)c1C=NCc1ccccc1. The van der Waals surface area contributed by atoms with Gasteiger partial charge in [-0.2, -0.15) is 11.8 Å². The number of aromatic nitrogens is 1. The lowest BCUT2D eigenvalue weighted by Gasteiger charge is -2.08. The van der Waals surface area contributed by atoms with Crippen molar-refractivity contribution in [3.63, 3.8) is 0 Å². The molecule has 0 fully saturated rings. The fraction of sp³-hybridized carbons (Fsp3) is 0.250. The molecule has 20 heavy (non-hydrogen) atoms. The molecule has 0 spiro atoms. The van der Waals surface area contributed by atoms with Gasteiger partial charge in [0.25, 0.3) is 0 Å². The van der Waals surface area contributed by atoms with Crippen molar-refractivity contribution < 1.29 is 5.11 Å². The highest BCUT2D eigenvalue weighted by atomic mass is 32.2. The molecule has 2 rings (SSSR count). The van der Waals surface area contributed by atoms with Gasteiger partial charge < -0.3 is 5.11 Å². The Labute approximate surface area is 123 Å². The summed E-state index contributed by atoms with van der Waals surface area (Å²) in [6.45, 7) is 2.41. The number of pyridine rings is 1. The first-order valence-electron chi connectivity index (χ1n) is 6.42. The molecule has 4 heteroatoms. The number of hydrogen-bond donors (Lipinski definition) is 1. The Kier molecular flexibility index (Phi) is 5.18. The highest BCUT2D eigenvalue weighted by Crippen LogP contribution is 2.24. The predicted octanol–water partition coefficient (Wildman–Crippen LogP) is 3.58. The third-order valence-electron chi connectivity index (χ3n) is 2.99. The molecule has 0 unspecified atom stereocenters. The Hall–Kier alpha value is -1.81. The molecule has 0 amide bonds. The molecule has 104 valence electrons. The molecule has 0 bridgehead atoms. The number of aryl methyl sites for hydroxylation is 1. The highest BCUT2D eigenvalue weighted by Gasteiger charge is 2.09. The zero-order valence-electron chi connectivity index (χ0n) is 11.7. The molecule has 0 aliphatic rings. The van der Waals surface area contributed by atoms with Crippen molar-refractivity contribution in [1.29, 1.82) is 0 Å². The quantitative estimate of drug-likeness (QED) is 0.855. The molecule has 0 aliphatic carbocycles. The molecule has 1 N–H and O–H groups in total. The van der Waals surface area contributed by atoms with Crippen LogP contribution < -0.4 is 0 Å². The van der Waals surface area contributed by atoms with Crippen molar-refractivity contribution in [3.8, 4) is 5.75 Å². The minimum absolute atomic E-state index is 0.230. The minimum atomic E-state index is 0.230. The lowest BCUT2D eigenvalue weighted by atomic mass is 10.1. The van der Waals surface area contributed by atoms with Gasteiger partial charge in [-0.3, -0.25) is 9.98 Å². The molecule has 0 atom stereocenters. The average Bonchev–Trinajstić information content (AvgIpc) is 2.47. The van der Waals surface area contributed by atoms with Crippen LogP contribution in [0.1, 0.15) is 22.4 Å². The Morgan fingerprint density at radius 1 is 1.30 bits per heavy atom. The summed E-state index contributed by atoms with van der Waals surface area (Å²) in [4.78, 5) is 8.63. The molecule has 1 aromatic carbocycles. The van der Waals surface area contributed by atoms with Crippen LogP contribution in [-0.2, 0) is 12.3 Å². The van der Waals surface area contributed by atoms with E-state index < -0.39 is 0 Å². The number of aromatic hydroxyl groups is 1. The summed E-state index contributed by atoms with van der Waals surface area (Å²) in [5, 5.41) is 10.1. The summed E-state index contributed by atoms with van der Waals surface area (Å²) < 4.78 is 0. The second-order valence-electron chi connectivity index (χ2n) is 4.52. The summed E-state index contributed by atoms with van der Waals surface area (Å²) >= 11 is 1.70. The van der Waals surface area contributed by atoms with E-state index in [2.05, 4.69) is 9.98 Å². The third-order valence-corrected chi connectivity index (χ3v) is 3.59. The number of nitrogens with zero attached hydrogens (tertiary/aromatic N) is 2. The predicted molar refractivity (Wildman–Crippen MR) is 85.6 cm³/mol. The lowest BCUT2D eigenvalue weighted by molar-refractivity contribution is 0.466. The van der Waals surface area contributed by atoms with Gasteiger partial charge in [0.15, 0.2) is 0 Å². The number of aliphatic imine (C=N–C) groups is 1. The molecule has 0 radical (unpaired) electrons. The molecular formula is C16H18N2OS. The molecule has 0 aliphatic heterocycles. The van der Waals surface area contributed by atoms with Gasteiger partial charge in [-0.05, 0) is 24.3 Å². The van der Waals surface area contributed by atoms with E-state index in [1.807, 2.05) is 42.8 Å². The van der Waals surface area contributed by atoms with Gasteiger partial charge in [0.05, 0.1) is 12.2 Å². The van der Waals surface area contributed by atoms with Gasteiger partial charge in [-0.1, -0.05) is 30.3 Å². The van der Waals surface area contributed by atoms with Crippen molar-refractivity contribution >= 4 is 18.0 Å². The summed E-state index contributed by atoms with van der Waals surface area (Å²) in [5.74, 6) is 1.04. The van der Waals surface area contributed by atoms with Gasteiger partial charge in [0.2, 0.25) is 0 Å². The van der Waals surface area contributed by atoms with E-state index in [1.54, 1.807) is 24.9 Å². The molecular weight excluding hydrogens is 268 g/mol. The largest absolute Gasteiger partial charge is 0.505 e. The van der Waals surface area contributed by atoms with E-state index in [-0.39, 0.29) is 5.75 Å². The maximum absolute atomic E-state index is 10.1. The monoisotopic (exact) mass is 286 g/mol. The Bertz CT molecular complexity index is 597. The molecule has 2 aromatic rings. The summed E-state index contributed by atoms with van der Waals surface area (Å²) in [7, 11) is 0. The van der Waals surface area contributed by atoms with E-state index in [9.17, 15) is 5.11 Å². The van der Waals surface area contributed by atoms with Gasteiger partial charge >= 0.3 is 0 Å².